The van der Waals surface area contributed by atoms with Gasteiger partial charge in [0.2, 0.25) is 0 Å². The summed E-state index contributed by atoms with van der Waals surface area (Å²) in [5.41, 5.74) is 1.28. The van der Waals surface area contributed by atoms with E-state index in [0.29, 0.717) is 30.1 Å². The molecule has 0 N–H and O–H groups in total. The molecule has 0 amide bonds. The molecule has 3 saturated carbocycles. The average molecular weight is 425 g/mol. The van der Waals surface area contributed by atoms with Crippen LogP contribution in [-0.2, 0) is 28.6 Å². The zero-order valence-corrected chi connectivity index (χ0v) is 18.2. The summed E-state index contributed by atoms with van der Waals surface area (Å²) in [4.78, 5) is 24.1. The normalized spacial score (nSPS) is 39.2. The highest BCUT2D eigenvalue weighted by atomic mass is 32.2. The summed E-state index contributed by atoms with van der Waals surface area (Å²) in [5, 5.41) is 0. The summed E-state index contributed by atoms with van der Waals surface area (Å²) in [7, 11) is -3.87. The maximum atomic E-state index is 12.3. The van der Waals surface area contributed by atoms with Gasteiger partial charge in [0.25, 0.3) is 10.1 Å². The summed E-state index contributed by atoms with van der Waals surface area (Å²) in [6, 6.07) is 0. The minimum absolute atomic E-state index is 0.0189. The van der Waals surface area contributed by atoms with Crippen LogP contribution in [0, 0.1) is 29.1 Å². The van der Waals surface area contributed by atoms with Crippen molar-refractivity contribution in [3.05, 3.63) is 11.6 Å². The predicted octanol–water partition coefficient (Wildman–Crippen LogP) is 3.41. The van der Waals surface area contributed by atoms with Crippen LogP contribution in [0.4, 0.5) is 0 Å². The van der Waals surface area contributed by atoms with Crippen LogP contribution in [-0.4, -0.2) is 38.6 Å². The number of esters is 1. The Morgan fingerprint density at radius 2 is 1.93 bits per heavy atom. The first kappa shape index (κ1) is 21.0. The van der Waals surface area contributed by atoms with Gasteiger partial charge in [-0.25, -0.2) is 0 Å². The Morgan fingerprint density at radius 1 is 1.14 bits per heavy atom. The van der Waals surface area contributed by atoms with Gasteiger partial charge in [0.15, 0.2) is 11.5 Å². The molecule has 0 bridgehead atoms. The van der Waals surface area contributed by atoms with Crippen LogP contribution in [0.1, 0.15) is 65.2 Å². The van der Waals surface area contributed by atoms with Crippen molar-refractivity contribution >= 4 is 21.9 Å². The molecule has 0 aliphatic heterocycles. The third-order valence-corrected chi connectivity index (χ3v) is 9.26. The topological polar surface area (TPSA) is 86.7 Å². The summed E-state index contributed by atoms with van der Waals surface area (Å²) < 4.78 is 33.9. The lowest BCUT2D eigenvalue weighted by Gasteiger charge is -2.53. The number of ether oxygens (including phenoxy) is 1. The number of rotatable bonds is 5. The van der Waals surface area contributed by atoms with Crippen molar-refractivity contribution in [2.75, 3.05) is 12.4 Å². The molecule has 0 radical (unpaired) electrons. The second-order valence-corrected chi connectivity index (χ2v) is 11.2. The van der Waals surface area contributed by atoms with Crippen LogP contribution in [0.25, 0.3) is 0 Å². The van der Waals surface area contributed by atoms with E-state index in [1.54, 1.807) is 6.92 Å². The van der Waals surface area contributed by atoms with Crippen molar-refractivity contribution < 1.29 is 26.9 Å². The van der Waals surface area contributed by atoms with Gasteiger partial charge in [-0.2, -0.15) is 8.42 Å². The van der Waals surface area contributed by atoms with Gasteiger partial charge in [-0.05, 0) is 81.6 Å². The lowest BCUT2D eigenvalue weighted by atomic mass is 9.52. The molecule has 162 valence electrons. The molecular weight excluding hydrogens is 392 g/mol. The summed E-state index contributed by atoms with van der Waals surface area (Å²) in [5.74, 6) is 1.16. The Morgan fingerprint density at radius 3 is 2.69 bits per heavy atom. The number of hydrogen-bond donors (Lipinski definition) is 0. The zero-order valence-electron chi connectivity index (χ0n) is 17.4. The van der Waals surface area contributed by atoms with E-state index in [2.05, 4.69) is 11.1 Å². The fourth-order valence-corrected chi connectivity index (χ4v) is 7.68. The van der Waals surface area contributed by atoms with Gasteiger partial charge in [-0.1, -0.05) is 12.5 Å². The molecule has 0 aromatic heterocycles. The molecule has 7 heteroatoms. The van der Waals surface area contributed by atoms with Crippen LogP contribution in [0.2, 0.25) is 0 Å². The minimum Gasteiger partial charge on any atom is -0.461 e. The predicted molar refractivity (Wildman–Crippen MR) is 107 cm³/mol. The number of allylic oxidation sites excluding steroid dienone is 1. The maximum Gasteiger partial charge on any atom is 0.323 e. The van der Waals surface area contributed by atoms with Crippen molar-refractivity contribution in [1.29, 1.82) is 0 Å². The SMILES string of the molecule is CCOS(=O)(=O)CC(=O)O[C@H]1CC[C@H]2[C@@H]3CCC4=CC(=O)CC[C@@H]4[C@H]3CC[C@]12C. The largest absolute Gasteiger partial charge is 0.461 e. The van der Waals surface area contributed by atoms with Crippen molar-refractivity contribution in [2.45, 2.75) is 71.3 Å². The molecule has 0 unspecified atom stereocenters. The van der Waals surface area contributed by atoms with E-state index in [-0.39, 0.29) is 23.9 Å². The summed E-state index contributed by atoms with van der Waals surface area (Å²) in [6.45, 7) is 3.83. The lowest BCUT2D eigenvalue weighted by Crippen LogP contribution is -2.48. The molecule has 4 aliphatic rings. The van der Waals surface area contributed by atoms with Crippen molar-refractivity contribution in [3.8, 4) is 0 Å². The Labute approximate surface area is 173 Å². The van der Waals surface area contributed by atoms with E-state index in [1.807, 2.05) is 6.08 Å². The molecule has 0 saturated heterocycles. The third-order valence-electron chi connectivity index (χ3n) is 8.08. The Bertz CT molecular complexity index is 815. The standard InChI is InChI=1S/C22H32O6S/c1-3-27-29(25,26)13-21(24)28-20-9-8-19-18-6-4-14-12-15(23)5-7-16(14)17(18)10-11-22(19,20)2/h12,16-20H,3-11,13H2,1-2H3/t16-,17+,18+,19-,20-,22-/m0/s1. The Hall–Kier alpha value is -1.21. The van der Waals surface area contributed by atoms with Gasteiger partial charge in [0.1, 0.15) is 6.10 Å². The molecule has 0 aromatic rings. The second kappa shape index (κ2) is 7.80. The highest BCUT2D eigenvalue weighted by Gasteiger charge is 2.57. The fraction of sp³-hybridized carbons (Fsp3) is 0.818. The zero-order chi connectivity index (χ0) is 20.8. The van der Waals surface area contributed by atoms with Crippen LogP contribution in [0.5, 0.6) is 0 Å². The van der Waals surface area contributed by atoms with Gasteiger partial charge in [0.05, 0.1) is 6.61 Å². The fourth-order valence-electron chi connectivity index (χ4n) is 6.88. The number of fused-ring (bicyclic) bond motifs is 5. The third kappa shape index (κ3) is 3.92. The molecule has 0 aromatic carbocycles. The van der Waals surface area contributed by atoms with E-state index in [1.165, 1.54) is 5.57 Å². The highest BCUT2D eigenvalue weighted by Crippen LogP contribution is 2.62. The van der Waals surface area contributed by atoms with Gasteiger partial charge in [-0.15, -0.1) is 0 Å². The average Bonchev–Trinajstić information content (AvgIpc) is 2.97. The number of carbonyl (C=O) groups is 2. The molecular formula is C22H32O6S. The lowest BCUT2D eigenvalue weighted by molar-refractivity contribution is -0.155. The molecule has 0 heterocycles. The minimum atomic E-state index is -3.87. The first-order valence-corrected chi connectivity index (χ1v) is 12.6. The van der Waals surface area contributed by atoms with E-state index in [0.717, 1.165) is 44.9 Å². The number of ketones is 1. The number of hydrogen-bond acceptors (Lipinski definition) is 6. The second-order valence-electron chi connectivity index (χ2n) is 9.51. The van der Waals surface area contributed by atoms with Crippen LogP contribution >= 0.6 is 0 Å². The highest BCUT2D eigenvalue weighted by molar-refractivity contribution is 7.87. The maximum absolute atomic E-state index is 12.3. The van der Waals surface area contributed by atoms with Crippen LogP contribution in [0.3, 0.4) is 0 Å². The molecule has 3 fully saturated rings. The van der Waals surface area contributed by atoms with E-state index in [9.17, 15) is 18.0 Å². The quantitative estimate of drug-likeness (QED) is 0.497. The molecule has 4 aliphatic carbocycles. The van der Waals surface area contributed by atoms with Gasteiger partial charge in [0, 0.05) is 11.8 Å². The first-order chi connectivity index (χ1) is 13.7. The molecule has 0 spiro atoms. The molecule has 6 nitrogen and oxygen atoms in total. The molecule has 6 atom stereocenters. The Balaban J connectivity index is 1.45. The smallest absolute Gasteiger partial charge is 0.323 e. The first-order valence-electron chi connectivity index (χ1n) is 11.0. The van der Waals surface area contributed by atoms with Crippen LogP contribution < -0.4 is 0 Å². The van der Waals surface area contributed by atoms with Crippen molar-refractivity contribution in [3.63, 3.8) is 0 Å². The monoisotopic (exact) mass is 424 g/mol. The number of carbonyl (C=O) groups excluding carboxylic acids is 2. The van der Waals surface area contributed by atoms with E-state index >= 15 is 0 Å². The summed E-state index contributed by atoms with van der Waals surface area (Å²) in [6.07, 6.45) is 9.40. The molecule has 29 heavy (non-hydrogen) atoms. The van der Waals surface area contributed by atoms with Crippen molar-refractivity contribution in [2.24, 2.45) is 29.1 Å². The van der Waals surface area contributed by atoms with Gasteiger partial charge < -0.3 is 4.74 Å². The van der Waals surface area contributed by atoms with Crippen LogP contribution in [0.15, 0.2) is 11.6 Å². The Kier molecular flexibility index (Phi) is 5.66. The van der Waals surface area contributed by atoms with Crippen molar-refractivity contribution in [1.82, 2.24) is 0 Å². The van der Waals surface area contributed by atoms with E-state index < -0.39 is 21.8 Å². The van der Waals surface area contributed by atoms with Gasteiger partial charge in [-0.3, -0.25) is 13.8 Å². The van der Waals surface area contributed by atoms with E-state index in [4.69, 9.17) is 4.74 Å². The summed E-state index contributed by atoms with van der Waals surface area (Å²) >= 11 is 0. The van der Waals surface area contributed by atoms with Gasteiger partial charge >= 0.3 is 5.97 Å². The molecule has 4 rings (SSSR count).